The molecule has 1 saturated carbocycles. The number of nitrogens with zero attached hydrogens (tertiary/aromatic N) is 3. The first-order chi connectivity index (χ1) is 15.2. The summed E-state index contributed by atoms with van der Waals surface area (Å²) in [6.45, 7) is 5.04. The summed E-state index contributed by atoms with van der Waals surface area (Å²) in [5, 5.41) is 3.86. The molecular weight excluding hydrogens is 448 g/mol. The van der Waals surface area contributed by atoms with Crippen LogP contribution >= 0.6 is 11.6 Å². The molecule has 1 unspecified atom stereocenters. The fourth-order valence-corrected chi connectivity index (χ4v) is 6.97. The van der Waals surface area contributed by atoms with Crippen molar-refractivity contribution < 1.29 is 13.2 Å². The van der Waals surface area contributed by atoms with Gasteiger partial charge in [-0.15, -0.1) is 0 Å². The number of nitrogens with one attached hydrogen (secondary N) is 1. The summed E-state index contributed by atoms with van der Waals surface area (Å²) in [4.78, 5) is 19.3. The Bertz CT molecular complexity index is 1180. The maximum atomic E-state index is 13.2. The highest BCUT2D eigenvalue weighted by Crippen LogP contribution is 2.43. The standard InChI is InChI=1S/C23H27ClN4O3S/c1-23(2)21-10-15(24)5-8-20(21)22(29)28(23)18-11-17(12-25-13-18)26-16-4-3-9-27(14-16)32(30,31)19-6-7-19/h5,8,10-13,16,19,26H,3-4,6-7,9,14H2,1-2H3. The van der Waals surface area contributed by atoms with E-state index >= 15 is 0 Å². The molecule has 1 aliphatic carbocycles. The second kappa shape index (κ2) is 7.71. The number of carbonyl (C=O) groups is 1. The Morgan fingerprint density at radius 3 is 2.69 bits per heavy atom. The van der Waals surface area contributed by atoms with E-state index in [1.54, 1.807) is 33.7 Å². The average Bonchev–Trinajstić information content (AvgIpc) is 3.58. The van der Waals surface area contributed by atoms with E-state index < -0.39 is 15.6 Å². The Labute approximate surface area is 193 Å². The van der Waals surface area contributed by atoms with Crippen molar-refractivity contribution in [1.29, 1.82) is 0 Å². The Morgan fingerprint density at radius 2 is 1.94 bits per heavy atom. The monoisotopic (exact) mass is 474 g/mol. The minimum atomic E-state index is -3.18. The summed E-state index contributed by atoms with van der Waals surface area (Å²) in [6, 6.07) is 7.27. The van der Waals surface area contributed by atoms with Gasteiger partial charge in [0.05, 0.1) is 34.6 Å². The van der Waals surface area contributed by atoms with Crippen molar-refractivity contribution in [2.45, 2.75) is 56.4 Å². The second-order valence-electron chi connectivity index (χ2n) is 9.41. The zero-order valence-corrected chi connectivity index (χ0v) is 19.8. The number of aromatic nitrogens is 1. The minimum Gasteiger partial charge on any atom is -0.380 e. The third-order valence-electron chi connectivity index (χ3n) is 6.68. The maximum Gasteiger partial charge on any atom is 0.259 e. The molecule has 7 nitrogen and oxygen atoms in total. The quantitative estimate of drug-likeness (QED) is 0.708. The normalized spacial score (nSPS) is 23.3. The van der Waals surface area contributed by atoms with Crippen LogP contribution in [0.5, 0.6) is 0 Å². The summed E-state index contributed by atoms with van der Waals surface area (Å²) in [5.74, 6) is -0.0833. The largest absolute Gasteiger partial charge is 0.380 e. The molecule has 1 atom stereocenters. The lowest BCUT2D eigenvalue weighted by molar-refractivity contribution is 0.0982. The highest BCUT2D eigenvalue weighted by Gasteiger charge is 2.44. The molecule has 2 aliphatic heterocycles. The van der Waals surface area contributed by atoms with Gasteiger partial charge in [-0.1, -0.05) is 11.6 Å². The summed E-state index contributed by atoms with van der Waals surface area (Å²) >= 11 is 6.19. The van der Waals surface area contributed by atoms with E-state index in [-0.39, 0.29) is 17.2 Å². The lowest BCUT2D eigenvalue weighted by Crippen LogP contribution is -2.46. The van der Waals surface area contributed by atoms with E-state index in [1.165, 1.54) is 0 Å². The predicted molar refractivity (Wildman–Crippen MR) is 126 cm³/mol. The maximum absolute atomic E-state index is 13.2. The van der Waals surface area contributed by atoms with Crippen molar-refractivity contribution >= 4 is 38.9 Å². The molecule has 3 aliphatic rings. The number of pyridine rings is 1. The summed E-state index contributed by atoms with van der Waals surface area (Å²) in [5.41, 5.74) is 2.43. The van der Waals surface area contributed by atoms with Crippen LogP contribution in [0.1, 0.15) is 55.5 Å². The Balaban J connectivity index is 1.37. The van der Waals surface area contributed by atoms with Gasteiger partial charge in [0, 0.05) is 29.7 Å². The fourth-order valence-electron chi connectivity index (χ4n) is 4.88. The van der Waals surface area contributed by atoms with Crippen LogP contribution in [0.2, 0.25) is 5.02 Å². The number of hydrogen-bond donors (Lipinski definition) is 1. The average molecular weight is 475 g/mol. The van der Waals surface area contributed by atoms with Crippen molar-refractivity contribution in [2.75, 3.05) is 23.3 Å². The van der Waals surface area contributed by atoms with Crippen molar-refractivity contribution in [2.24, 2.45) is 0 Å². The second-order valence-corrected chi connectivity index (χ2v) is 12.1. The number of rotatable bonds is 5. The molecule has 1 aromatic carbocycles. The topological polar surface area (TPSA) is 82.6 Å². The van der Waals surface area contributed by atoms with Crippen LogP contribution in [-0.2, 0) is 15.6 Å². The number of halogens is 1. The number of sulfonamides is 1. The molecule has 170 valence electrons. The lowest BCUT2D eigenvalue weighted by Gasteiger charge is -2.34. The smallest absolute Gasteiger partial charge is 0.259 e. The van der Waals surface area contributed by atoms with Gasteiger partial charge < -0.3 is 5.32 Å². The molecule has 0 bridgehead atoms. The van der Waals surface area contributed by atoms with E-state index in [2.05, 4.69) is 10.3 Å². The van der Waals surface area contributed by atoms with Gasteiger partial charge >= 0.3 is 0 Å². The lowest BCUT2D eigenvalue weighted by atomic mass is 9.93. The molecule has 2 aromatic rings. The zero-order valence-electron chi connectivity index (χ0n) is 18.2. The molecule has 2 fully saturated rings. The summed E-state index contributed by atoms with van der Waals surface area (Å²) in [7, 11) is -3.18. The van der Waals surface area contributed by atoms with Crippen LogP contribution in [0.3, 0.4) is 0 Å². The van der Waals surface area contributed by atoms with Crippen LogP contribution in [0.15, 0.2) is 36.7 Å². The first kappa shape index (κ1) is 21.7. The number of piperidine rings is 1. The molecule has 1 saturated heterocycles. The number of anilines is 2. The minimum absolute atomic E-state index is 0.00705. The van der Waals surface area contributed by atoms with Gasteiger partial charge in [-0.25, -0.2) is 8.42 Å². The van der Waals surface area contributed by atoms with Gasteiger partial charge in [0.2, 0.25) is 10.0 Å². The third-order valence-corrected chi connectivity index (χ3v) is 9.28. The van der Waals surface area contributed by atoms with Crippen molar-refractivity contribution in [3.63, 3.8) is 0 Å². The Kier molecular flexibility index (Phi) is 5.22. The highest BCUT2D eigenvalue weighted by molar-refractivity contribution is 7.90. The van der Waals surface area contributed by atoms with E-state index in [9.17, 15) is 13.2 Å². The first-order valence-corrected chi connectivity index (χ1v) is 12.9. The molecule has 9 heteroatoms. The summed E-state index contributed by atoms with van der Waals surface area (Å²) < 4.78 is 26.9. The summed E-state index contributed by atoms with van der Waals surface area (Å²) in [6.07, 6.45) is 6.66. The van der Waals surface area contributed by atoms with E-state index in [0.717, 1.165) is 36.9 Å². The first-order valence-electron chi connectivity index (χ1n) is 11.0. The molecule has 5 rings (SSSR count). The molecule has 32 heavy (non-hydrogen) atoms. The van der Waals surface area contributed by atoms with Gasteiger partial charge in [-0.3, -0.25) is 14.7 Å². The molecule has 1 aromatic heterocycles. The highest BCUT2D eigenvalue weighted by atomic mass is 35.5. The number of fused-ring (bicyclic) bond motifs is 1. The Hall–Kier alpha value is -2.16. The van der Waals surface area contributed by atoms with Gasteiger partial charge in [0.1, 0.15) is 0 Å². The van der Waals surface area contributed by atoms with Gasteiger partial charge in [0.25, 0.3) is 5.91 Å². The molecule has 0 radical (unpaired) electrons. The van der Waals surface area contributed by atoms with Crippen LogP contribution in [0.4, 0.5) is 11.4 Å². The van der Waals surface area contributed by atoms with Crippen LogP contribution in [0.25, 0.3) is 0 Å². The zero-order chi connectivity index (χ0) is 22.7. The van der Waals surface area contributed by atoms with E-state index in [1.807, 2.05) is 26.0 Å². The predicted octanol–water partition coefficient (Wildman–Crippen LogP) is 4.00. The van der Waals surface area contributed by atoms with Crippen molar-refractivity contribution in [1.82, 2.24) is 9.29 Å². The van der Waals surface area contributed by atoms with E-state index in [4.69, 9.17) is 11.6 Å². The van der Waals surface area contributed by atoms with Gasteiger partial charge in [-0.05, 0) is 69.4 Å². The van der Waals surface area contributed by atoms with Crippen molar-refractivity contribution in [3.8, 4) is 0 Å². The fraction of sp³-hybridized carbons (Fsp3) is 0.478. The molecular formula is C23H27ClN4O3S. The molecule has 3 heterocycles. The molecule has 0 spiro atoms. The number of benzene rings is 1. The number of amides is 1. The number of hydrogen-bond acceptors (Lipinski definition) is 5. The van der Waals surface area contributed by atoms with E-state index in [0.29, 0.717) is 29.4 Å². The van der Waals surface area contributed by atoms with Crippen LogP contribution < -0.4 is 10.2 Å². The van der Waals surface area contributed by atoms with Crippen molar-refractivity contribution in [3.05, 3.63) is 52.8 Å². The molecule has 1 N–H and O–H groups in total. The van der Waals surface area contributed by atoms with Gasteiger partial charge in [-0.2, -0.15) is 4.31 Å². The van der Waals surface area contributed by atoms with Crippen LogP contribution in [0, 0.1) is 0 Å². The molecule has 1 amide bonds. The van der Waals surface area contributed by atoms with Gasteiger partial charge in [0.15, 0.2) is 0 Å². The third kappa shape index (κ3) is 3.68. The number of carbonyl (C=O) groups excluding carboxylic acids is 1. The Morgan fingerprint density at radius 1 is 1.16 bits per heavy atom. The SMILES string of the molecule is CC1(C)c2cc(Cl)ccc2C(=O)N1c1cncc(NC2CCCN(S(=O)(=O)C3CC3)C2)c1. The van der Waals surface area contributed by atoms with Crippen LogP contribution in [-0.4, -0.2) is 48.0 Å².